The largest absolute Gasteiger partial charge is 0.421 e. The molecule has 1 aromatic carbocycles. The maximum atomic E-state index is 12.1. The lowest BCUT2D eigenvalue weighted by Crippen LogP contribution is -2.24. The van der Waals surface area contributed by atoms with Gasteiger partial charge in [0.1, 0.15) is 5.57 Å². The third kappa shape index (κ3) is 3.27. The maximum absolute atomic E-state index is 12.1. The molecule has 0 heterocycles. The Hall–Kier alpha value is -1.49. The monoisotopic (exact) mass is 249 g/mol. The lowest BCUT2D eigenvalue weighted by Gasteiger charge is -2.10. The smallest absolute Gasteiger partial charge is 0.322 e. The zero-order valence-electron chi connectivity index (χ0n) is 7.94. The average molecular weight is 250 g/mol. The molecule has 1 rings (SSSR count). The molecule has 0 aromatic heterocycles. The first-order chi connectivity index (χ1) is 7.30. The normalized spacial score (nSPS) is 11.0. The summed E-state index contributed by atoms with van der Waals surface area (Å²) in [5, 5.41) is 2.48. The Bertz CT molecular complexity index is 411. The zero-order valence-corrected chi connectivity index (χ0v) is 8.69. The molecule has 1 N–H and O–H groups in total. The number of halogens is 4. The van der Waals surface area contributed by atoms with Crippen molar-refractivity contribution in [2.45, 2.75) is 6.18 Å². The molecule has 16 heavy (non-hydrogen) atoms. The second-order valence-corrected chi connectivity index (χ2v) is 3.37. The van der Waals surface area contributed by atoms with E-state index in [0.29, 0.717) is 5.02 Å². The van der Waals surface area contributed by atoms with E-state index in [9.17, 15) is 18.0 Å². The fraction of sp³-hybridized carbons (Fsp3) is 0.100. The third-order valence-corrected chi connectivity index (χ3v) is 1.97. The van der Waals surface area contributed by atoms with Crippen LogP contribution in [0.15, 0.2) is 36.4 Å². The summed E-state index contributed by atoms with van der Waals surface area (Å²) < 4.78 is 36.3. The molecule has 0 fully saturated rings. The molecule has 0 aliphatic heterocycles. The number of nitrogens with one attached hydrogen (secondary N) is 1. The van der Waals surface area contributed by atoms with Crippen molar-refractivity contribution < 1.29 is 18.0 Å². The number of rotatable bonds is 2. The summed E-state index contributed by atoms with van der Waals surface area (Å²) in [6, 6.07) is 5.69. The molecular weight excluding hydrogens is 243 g/mol. The van der Waals surface area contributed by atoms with E-state index < -0.39 is 17.7 Å². The van der Waals surface area contributed by atoms with E-state index in [4.69, 9.17) is 11.6 Å². The first-order valence-corrected chi connectivity index (χ1v) is 4.51. The number of benzene rings is 1. The molecule has 0 saturated heterocycles. The molecule has 2 nitrogen and oxygen atoms in total. The van der Waals surface area contributed by atoms with Gasteiger partial charge in [-0.15, -0.1) is 0 Å². The molecule has 1 amide bonds. The van der Waals surface area contributed by atoms with Gasteiger partial charge in [-0.3, -0.25) is 4.79 Å². The van der Waals surface area contributed by atoms with E-state index in [1.54, 1.807) is 0 Å². The van der Waals surface area contributed by atoms with Crippen LogP contribution < -0.4 is 5.32 Å². The molecule has 0 bridgehead atoms. The fourth-order valence-corrected chi connectivity index (χ4v) is 0.994. The van der Waals surface area contributed by atoms with Gasteiger partial charge in [0.2, 0.25) is 0 Å². The Morgan fingerprint density at radius 1 is 1.25 bits per heavy atom. The van der Waals surface area contributed by atoms with Crippen LogP contribution in [0.2, 0.25) is 5.02 Å². The number of hydrogen-bond donors (Lipinski definition) is 1. The van der Waals surface area contributed by atoms with Gasteiger partial charge in [-0.05, 0) is 24.3 Å². The van der Waals surface area contributed by atoms with E-state index >= 15 is 0 Å². The predicted octanol–water partition coefficient (Wildman–Crippen LogP) is 3.40. The van der Waals surface area contributed by atoms with Crippen LogP contribution in [0.4, 0.5) is 18.9 Å². The molecule has 86 valence electrons. The van der Waals surface area contributed by atoms with E-state index in [1.165, 1.54) is 24.3 Å². The van der Waals surface area contributed by atoms with E-state index in [-0.39, 0.29) is 5.69 Å². The topological polar surface area (TPSA) is 29.1 Å². The summed E-state index contributed by atoms with van der Waals surface area (Å²) in [6.07, 6.45) is -4.73. The lowest BCUT2D eigenvalue weighted by atomic mass is 10.2. The standard InChI is InChI=1S/C10H7ClF3NO/c1-6(10(12,13)14)9(16)15-8-4-2-7(11)3-5-8/h2-5H,1H2,(H,15,16). The summed E-state index contributed by atoms with van der Waals surface area (Å²) in [5.74, 6) is -1.28. The van der Waals surface area contributed by atoms with Gasteiger partial charge in [-0.25, -0.2) is 0 Å². The second-order valence-electron chi connectivity index (χ2n) is 2.94. The highest BCUT2D eigenvalue weighted by Crippen LogP contribution is 2.25. The maximum Gasteiger partial charge on any atom is 0.421 e. The summed E-state index contributed by atoms with van der Waals surface area (Å²) in [7, 11) is 0. The molecule has 0 unspecified atom stereocenters. The highest BCUT2D eigenvalue weighted by Gasteiger charge is 2.36. The number of carbonyl (C=O) groups is 1. The van der Waals surface area contributed by atoms with E-state index in [2.05, 4.69) is 11.9 Å². The van der Waals surface area contributed by atoms with Crippen molar-refractivity contribution in [1.29, 1.82) is 0 Å². The van der Waals surface area contributed by atoms with Crippen LogP contribution in [0.5, 0.6) is 0 Å². The van der Waals surface area contributed by atoms with Crippen LogP contribution in [0.3, 0.4) is 0 Å². The molecular formula is C10H7ClF3NO. The molecule has 0 aliphatic carbocycles. The molecule has 6 heteroatoms. The summed E-state index contributed by atoms with van der Waals surface area (Å²) in [4.78, 5) is 11.1. The van der Waals surface area contributed by atoms with Gasteiger partial charge < -0.3 is 5.32 Å². The van der Waals surface area contributed by atoms with Crippen LogP contribution in [0.25, 0.3) is 0 Å². The van der Waals surface area contributed by atoms with Crippen molar-refractivity contribution in [2.75, 3.05) is 5.32 Å². The number of hydrogen-bond acceptors (Lipinski definition) is 1. The van der Waals surface area contributed by atoms with Crippen molar-refractivity contribution in [2.24, 2.45) is 0 Å². The van der Waals surface area contributed by atoms with Crippen molar-refractivity contribution in [3.8, 4) is 0 Å². The van der Waals surface area contributed by atoms with E-state index in [1.807, 2.05) is 0 Å². The molecule has 0 aliphatic rings. The first kappa shape index (κ1) is 12.6. The number of alkyl halides is 3. The summed E-state index contributed by atoms with van der Waals surface area (Å²) >= 11 is 5.57. The number of amides is 1. The predicted molar refractivity (Wildman–Crippen MR) is 55.3 cm³/mol. The SMILES string of the molecule is C=C(C(=O)Nc1ccc(Cl)cc1)C(F)(F)F. The Balaban J connectivity index is 2.72. The fourth-order valence-electron chi connectivity index (χ4n) is 0.868. The number of carbonyl (C=O) groups excluding carboxylic acids is 1. The van der Waals surface area contributed by atoms with E-state index in [0.717, 1.165) is 0 Å². The van der Waals surface area contributed by atoms with Gasteiger partial charge >= 0.3 is 6.18 Å². The highest BCUT2D eigenvalue weighted by atomic mass is 35.5. The third-order valence-electron chi connectivity index (χ3n) is 1.72. The average Bonchev–Trinajstić information content (AvgIpc) is 2.19. The van der Waals surface area contributed by atoms with Crippen molar-refractivity contribution in [3.63, 3.8) is 0 Å². The minimum Gasteiger partial charge on any atom is -0.322 e. The van der Waals surface area contributed by atoms with Crippen LogP contribution in [-0.2, 0) is 4.79 Å². The van der Waals surface area contributed by atoms with Crippen LogP contribution in [-0.4, -0.2) is 12.1 Å². The second kappa shape index (κ2) is 4.57. The van der Waals surface area contributed by atoms with Gasteiger partial charge in [0.15, 0.2) is 0 Å². The van der Waals surface area contributed by atoms with Gasteiger partial charge in [-0.1, -0.05) is 18.2 Å². The number of anilines is 1. The molecule has 0 spiro atoms. The quantitative estimate of drug-likeness (QED) is 0.800. The van der Waals surface area contributed by atoms with Gasteiger partial charge in [0, 0.05) is 10.7 Å². The molecule has 1 aromatic rings. The summed E-state index contributed by atoms with van der Waals surface area (Å²) in [5.41, 5.74) is -1.22. The minimum atomic E-state index is -4.73. The lowest BCUT2D eigenvalue weighted by molar-refractivity contribution is -0.126. The summed E-state index contributed by atoms with van der Waals surface area (Å²) in [6.45, 7) is 2.68. The Morgan fingerprint density at radius 3 is 2.19 bits per heavy atom. The van der Waals surface area contributed by atoms with Gasteiger partial charge in [-0.2, -0.15) is 13.2 Å². The van der Waals surface area contributed by atoms with Crippen molar-refractivity contribution in [3.05, 3.63) is 41.4 Å². The Kier molecular flexibility index (Phi) is 3.59. The highest BCUT2D eigenvalue weighted by molar-refractivity contribution is 6.30. The molecule has 0 saturated carbocycles. The van der Waals surface area contributed by atoms with Crippen LogP contribution in [0, 0.1) is 0 Å². The molecule has 0 atom stereocenters. The van der Waals surface area contributed by atoms with Crippen molar-refractivity contribution >= 4 is 23.2 Å². The first-order valence-electron chi connectivity index (χ1n) is 4.13. The Labute approximate surface area is 94.7 Å². The zero-order chi connectivity index (χ0) is 12.3. The van der Waals surface area contributed by atoms with Crippen LogP contribution in [0.1, 0.15) is 0 Å². The van der Waals surface area contributed by atoms with Crippen molar-refractivity contribution in [1.82, 2.24) is 0 Å². The molecule has 0 radical (unpaired) electrons. The van der Waals surface area contributed by atoms with Gasteiger partial charge in [0.05, 0.1) is 0 Å². The Morgan fingerprint density at radius 2 is 1.75 bits per heavy atom. The minimum absolute atomic E-state index is 0.222. The van der Waals surface area contributed by atoms with Gasteiger partial charge in [0.25, 0.3) is 5.91 Å². The van der Waals surface area contributed by atoms with Crippen LogP contribution >= 0.6 is 11.6 Å².